The van der Waals surface area contributed by atoms with Gasteiger partial charge >= 0.3 is 5.97 Å². The van der Waals surface area contributed by atoms with Crippen LogP contribution in [0.3, 0.4) is 0 Å². The van der Waals surface area contributed by atoms with E-state index < -0.39 is 12.6 Å². The van der Waals surface area contributed by atoms with Crippen LogP contribution in [0.4, 0.5) is 5.69 Å². The molecule has 3 rings (SSSR count). The molecule has 1 N–H and O–H groups in total. The summed E-state index contributed by atoms with van der Waals surface area (Å²) in [4.78, 5) is 30.3. The number of methoxy groups -OCH3 is 2. The number of carboxylic acids is 1. The van der Waals surface area contributed by atoms with E-state index in [2.05, 4.69) is 4.99 Å². The maximum absolute atomic E-state index is 12.9. The van der Waals surface area contributed by atoms with Crippen molar-refractivity contribution in [3.63, 3.8) is 0 Å². The first-order valence-corrected chi connectivity index (χ1v) is 10.7. The number of aliphatic imine (C=N–C) groups is 1. The Hall–Kier alpha value is -3.17. The van der Waals surface area contributed by atoms with Gasteiger partial charge in [0.25, 0.3) is 5.91 Å². The molecule has 0 saturated carbocycles. The van der Waals surface area contributed by atoms with Crippen molar-refractivity contribution in [2.75, 3.05) is 27.4 Å². The summed E-state index contributed by atoms with van der Waals surface area (Å²) in [6.07, 6.45) is 1.68. The molecule has 0 bridgehead atoms. The number of carbonyl (C=O) groups is 2. The highest BCUT2D eigenvalue weighted by molar-refractivity contribution is 8.18. The summed E-state index contributed by atoms with van der Waals surface area (Å²) >= 11 is 7.52. The number of rotatable bonds is 8. The Morgan fingerprint density at radius 1 is 1.22 bits per heavy atom. The number of amides is 1. The van der Waals surface area contributed by atoms with Crippen molar-refractivity contribution < 1.29 is 28.9 Å². The Labute approximate surface area is 194 Å². The van der Waals surface area contributed by atoms with Gasteiger partial charge < -0.3 is 19.3 Å². The van der Waals surface area contributed by atoms with E-state index in [9.17, 15) is 9.59 Å². The van der Waals surface area contributed by atoms with Crippen molar-refractivity contribution in [1.29, 1.82) is 0 Å². The second-order valence-electron chi connectivity index (χ2n) is 6.47. The highest BCUT2D eigenvalue weighted by atomic mass is 35.5. The number of likely N-dealkylation sites (N-methyl/N-ethyl adjacent to an activating group) is 1. The van der Waals surface area contributed by atoms with E-state index in [0.717, 1.165) is 5.75 Å². The summed E-state index contributed by atoms with van der Waals surface area (Å²) in [5, 5.41) is 9.56. The third-order valence-electron chi connectivity index (χ3n) is 4.39. The van der Waals surface area contributed by atoms with Crippen LogP contribution in [-0.4, -0.2) is 54.4 Å². The molecule has 0 radical (unpaired) electrons. The maximum atomic E-state index is 12.9. The van der Waals surface area contributed by atoms with E-state index in [0.29, 0.717) is 27.9 Å². The molecule has 2 aromatic carbocycles. The molecule has 10 heteroatoms. The number of benzene rings is 2. The Morgan fingerprint density at radius 2 is 1.94 bits per heavy atom. The smallest absolute Gasteiger partial charge is 0.341 e. The molecule has 1 aliphatic rings. The number of halogens is 1. The van der Waals surface area contributed by atoms with Gasteiger partial charge in [0.1, 0.15) is 5.75 Å². The fourth-order valence-electron chi connectivity index (χ4n) is 2.89. The van der Waals surface area contributed by atoms with Gasteiger partial charge in [0.2, 0.25) is 0 Å². The van der Waals surface area contributed by atoms with Crippen LogP contribution >= 0.6 is 23.4 Å². The first-order chi connectivity index (χ1) is 15.4. The van der Waals surface area contributed by atoms with Crippen LogP contribution in [0.1, 0.15) is 12.5 Å². The number of aliphatic carboxylic acids is 1. The van der Waals surface area contributed by atoms with Crippen LogP contribution in [0.25, 0.3) is 6.08 Å². The van der Waals surface area contributed by atoms with Gasteiger partial charge in [0.15, 0.2) is 23.3 Å². The Balaban J connectivity index is 1.90. The normalized spacial score (nSPS) is 16.0. The van der Waals surface area contributed by atoms with Crippen molar-refractivity contribution in [2.45, 2.75) is 6.92 Å². The molecule has 0 aliphatic carbocycles. The second-order valence-corrected chi connectivity index (χ2v) is 7.89. The van der Waals surface area contributed by atoms with E-state index in [1.54, 1.807) is 42.4 Å². The van der Waals surface area contributed by atoms with Crippen LogP contribution in [0.15, 0.2) is 46.3 Å². The van der Waals surface area contributed by atoms with E-state index in [1.807, 2.05) is 19.1 Å². The molecule has 2 aromatic rings. The molecule has 8 nitrogen and oxygen atoms in total. The van der Waals surface area contributed by atoms with Crippen molar-refractivity contribution in [3.05, 3.63) is 51.9 Å². The fourth-order valence-corrected chi connectivity index (χ4v) is 4.22. The molecular weight excluding hydrogens is 456 g/mol. The molecular formula is C22H21ClN2O6S. The van der Waals surface area contributed by atoms with Gasteiger partial charge in [-0.25, -0.2) is 9.79 Å². The van der Waals surface area contributed by atoms with Crippen LogP contribution in [0, 0.1) is 0 Å². The predicted molar refractivity (Wildman–Crippen MR) is 124 cm³/mol. The molecule has 1 aliphatic heterocycles. The lowest BCUT2D eigenvalue weighted by molar-refractivity contribution is -0.139. The van der Waals surface area contributed by atoms with Gasteiger partial charge in [0, 0.05) is 6.54 Å². The molecule has 0 unspecified atom stereocenters. The van der Waals surface area contributed by atoms with Gasteiger partial charge in [-0.1, -0.05) is 11.6 Å². The van der Waals surface area contributed by atoms with Gasteiger partial charge in [-0.2, -0.15) is 0 Å². The van der Waals surface area contributed by atoms with Gasteiger partial charge in [0.05, 0.1) is 29.8 Å². The predicted octanol–water partition coefficient (Wildman–Crippen LogP) is 4.44. The molecule has 1 fully saturated rings. The summed E-state index contributed by atoms with van der Waals surface area (Å²) in [7, 11) is 3.01. The van der Waals surface area contributed by atoms with Crippen molar-refractivity contribution in [1.82, 2.24) is 4.90 Å². The molecule has 32 heavy (non-hydrogen) atoms. The average molecular weight is 477 g/mol. The zero-order valence-electron chi connectivity index (χ0n) is 17.6. The summed E-state index contributed by atoms with van der Waals surface area (Å²) in [5.74, 6) is -0.197. The summed E-state index contributed by atoms with van der Waals surface area (Å²) in [6, 6.07) is 10.4. The van der Waals surface area contributed by atoms with Gasteiger partial charge in [-0.15, -0.1) is 0 Å². The Morgan fingerprint density at radius 3 is 2.53 bits per heavy atom. The zero-order chi connectivity index (χ0) is 23.3. The van der Waals surface area contributed by atoms with E-state index >= 15 is 0 Å². The highest BCUT2D eigenvalue weighted by Crippen LogP contribution is 2.39. The van der Waals surface area contributed by atoms with Crippen LogP contribution < -0.4 is 14.2 Å². The van der Waals surface area contributed by atoms with Crippen molar-refractivity contribution >= 4 is 52.2 Å². The van der Waals surface area contributed by atoms with Gasteiger partial charge in [-0.3, -0.25) is 9.69 Å². The van der Waals surface area contributed by atoms with Crippen LogP contribution in [0.2, 0.25) is 5.02 Å². The summed E-state index contributed by atoms with van der Waals surface area (Å²) in [6.45, 7) is 1.78. The molecule has 1 saturated heterocycles. The van der Waals surface area contributed by atoms with E-state index in [4.69, 9.17) is 30.9 Å². The number of thioether (sulfide) groups is 1. The number of carbonyl (C=O) groups excluding carboxylic acids is 1. The molecule has 0 atom stereocenters. The minimum absolute atomic E-state index is 0.126. The lowest BCUT2D eigenvalue weighted by atomic mass is 10.1. The highest BCUT2D eigenvalue weighted by Gasteiger charge is 2.32. The number of carboxylic acid groups (broad SMARTS) is 1. The Kier molecular flexibility index (Phi) is 7.66. The maximum Gasteiger partial charge on any atom is 0.341 e. The number of hydrogen-bond donors (Lipinski definition) is 1. The minimum Gasteiger partial charge on any atom is -0.497 e. The van der Waals surface area contributed by atoms with Crippen LogP contribution in [-0.2, 0) is 9.59 Å². The number of amidine groups is 1. The molecule has 1 heterocycles. The lowest BCUT2D eigenvalue weighted by Gasteiger charge is -2.12. The fraction of sp³-hybridized carbons (Fsp3) is 0.227. The van der Waals surface area contributed by atoms with Crippen LogP contribution in [0.5, 0.6) is 17.2 Å². The number of hydrogen-bond acceptors (Lipinski definition) is 7. The van der Waals surface area contributed by atoms with Crippen molar-refractivity contribution in [2.24, 2.45) is 4.99 Å². The van der Waals surface area contributed by atoms with E-state index in [1.165, 1.54) is 18.9 Å². The lowest BCUT2D eigenvalue weighted by Crippen LogP contribution is -2.28. The monoisotopic (exact) mass is 476 g/mol. The number of ether oxygens (including phenoxy) is 3. The molecule has 1 amide bonds. The second kappa shape index (κ2) is 10.4. The SMILES string of the molecule is CCN1C(=O)/C(=C\c2cc(Cl)c(OCC(=O)O)c(OC)c2)SC1=Nc1ccc(OC)cc1. The van der Waals surface area contributed by atoms with E-state index in [-0.39, 0.29) is 22.4 Å². The van der Waals surface area contributed by atoms with Gasteiger partial charge in [-0.05, 0) is 66.7 Å². The minimum atomic E-state index is -1.13. The molecule has 168 valence electrons. The first-order valence-electron chi connectivity index (χ1n) is 9.52. The summed E-state index contributed by atoms with van der Waals surface area (Å²) < 4.78 is 15.7. The van der Waals surface area contributed by atoms with Crippen molar-refractivity contribution in [3.8, 4) is 17.2 Å². The largest absolute Gasteiger partial charge is 0.497 e. The molecule has 0 aromatic heterocycles. The average Bonchev–Trinajstić information content (AvgIpc) is 3.06. The number of nitrogens with zero attached hydrogens (tertiary/aromatic N) is 2. The first kappa shape index (κ1) is 23.5. The third-order valence-corrected chi connectivity index (χ3v) is 5.68. The topological polar surface area (TPSA) is 97.7 Å². The third kappa shape index (κ3) is 5.35. The standard InChI is InChI=1S/C22H21ClN2O6S/c1-4-25-21(28)18(32-22(25)24-14-5-7-15(29-2)8-6-14)11-13-9-16(23)20(17(10-13)30-3)31-12-19(26)27/h5-11H,4,12H2,1-3H3,(H,26,27)/b18-11+,24-22?. The Bertz CT molecular complexity index is 1080. The molecule has 0 spiro atoms. The quantitative estimate of drug-likeness (QED) is 0.562. The summed E-state index contributed by atoms with van der Waals surface area (Å²) in [5.41, 5.74) is 1.30. The zero-order valence-corrected chi connectivity index (χ0v) is 19.2.